The quantitative estimate of drug-likeness (QED) is 0.174. The lowest BCUT2D eigenvalue weighted by Gasteiger charge is -2.06. The van der Waals surface area contributed by atoms with Crippen molar-refractivity contribution in [3.63, 3.8) is 0 Å². The largest absolute Gasteiger partial charge is 0.393 e. The molecule has 1 atom stereocenters. The molecule has 0 aromatic carbocycles. The summed E-state index contributed by atoms with van der Waals surface area (Å²) in [5.41, 5.74) is 0. The van der Waals surface area contributed by atoms with Crippen LogP contribution < -0.4 is 0 Å². The Kier molecular flexibility index (Phi) is 24.0. The first kappa shape index (κ1) is 27.0. The van der Waals surface area contributed by atoms with Gasteiger partial charge in [0.05, 0.1) is 6.10 Å². The summed E-state index contributed by atoms with van der Waals surface area (Å²) in [6.45, 7) is 4.37. The van der Waals surface area contributed by atoms with E-state index in [2.05, 4.69) is 13.8 Å². The van der Waals surface area contributed by atoms with E-state index in [1.807, 2.05) is 0 Å². The molecule has 0 aromatic heterocycles. The fraction of sp³-hybridized carbons (Fsp3) is 1.00. The molecule has 1 nitrogen and oxygen atoms in total. The van der Waals surface area contributed by atoms with Crippen LogP contribution in [0, 0.1) is 0 Å². The zero-order valence-corrected chi connectivity index (χ0v) is 19.3. The van der Waals surface area contributed by atoms with E-state index in [4.69, 9.17) is 0 Å². The summed E-state index contributed by atoms with van der Waals surface area (Å²) in [7, 11) is 0. The molecular weight excluding hydrogens is 328 g/mol. The Morgan fingerprint density at radius 2 is 0.667 bits per heavy atom. The molecule has 1 unspecified atom stereocenters. The molecule has 27 heavy (non-hydrogen) atoms. The molecule has 164 valence electrons. The van der Waals surface area contributed by atoms with Crippen molar-refractivity contribution in [2.45, 2.75) is 168 Å². The van der Waals surface area contributed by atoms with Gasteiger partial charge < -0.3 is 5.11 Å². The Bertz CT molecular complexity index is 251. The molecule has 0 aliphatic rings. The summed E-state index contributed by atoms with van der Waals surface area (Å²) in [6, 6.07) is 0. The fourth-order valence-corrected chi connectivity index (χ4v) is 4.02. The van der Waals surface area contributed by atoms with E-state index in [1.54, 1.807) is 0 Å². The maximum Gasteiger partial charge on any atom is 0.0537 e. The van der Waals surface area contributed by atoms with Crippen LogP contribution in [0.25, 0.3) is 0 Å². The summed E-state index contributed by atoms with van der Waals surface area (Å²) in [6.07, 6.45) is 31.9. The van der Waals surface area contributed by atoms with Crippen molar-refractivity contribution in [1.29, 1.82) is 0 Å². The summed E-state index contributed by atoms with van der Waals surface area (Å²) in [5, 5.41) is 9.52. The highest BCUT2D eigenvalue weighted by Crippen LogP contribution is 2.15. The molecule has 1 N–H and O–H groups in total. The predicted molar refractivity (Wildman–Crippen MR) is 124 cm³/mol. The first-order valence-corrected chi connectivity index (χ1v) is 13.0. The van der Waals surface area contributed by atoms with Crippen molar-refractivity contribution in [2.75, 3.05) is 0 Å². The summed E-state index contributed by atoms with van der Waals surface area (Å²) < 4.78 is 0. The molecule has 0 radical (unpaired) electrons. The van der Waals surface area contributed by atoms with Crippen LogP contribution in [0.4, 0.5) is 0 Å². The number of hydrogen-bond donors (Lipinski definition) is 1. The van der Waals surface area contributed by atoms with Crippen LogP contribution in [0.1, 0.15) is 162 Å². The normalized spacial score (nSPS) is 12.6. The molecule has 0 saturated carbocycles. The molecule has 0 spiro atoms. The third-order valence-electron chi connectivity index (χ3n) is 6.11. The van der Waals surface area contributed by atoms with E-state index in [1.165, 1.54) is 135 Å². The van der Waals surface area contributed by atoms with Crippen molar-refractivity contribution < 1.29 is 5.11 Å². The Hall–Kier alpha value is -0.0400. The summed E-state index contributed by atoms with van der Waals surface area (Å²) >= 11 is 0. The van der Waals surface area contributed by atoms with Gasteiger partial charge in [0.1, 0.15) is 0 Å². The number of aliphatic hydroxyl groups excluding tert-OH is 1. The average molecular weight is 383 g/mol. The number of unbranched alkanes of at least 4 members (excludes halogenated alkanes) is 20. The van der Waals surface area contributed by atoms with Crippen LogP contribution in [-0.2, 0) is 0 Å². The standard InChI is InChI=1S/C26H54O/c1-3-5-6-7-8-9-10-11-12-13-14-15-16-17-18-19-20-21-22-23-24-25-26(27)4-2/h26-27H,3-25H2,1-2H3. The highest BCUT2D eigenvalue weighted by Gasteiger charge is 1.99. The molecule has 0 saturated heterocycles. The van der Waals surface area contributed by atoms with Crippen molar-refractivity contribution in [1.82, 2.24) is 0 Å². The maximum atomic E-state index is 9.52. The van der Waals surface area contributed by atoms with Crippen molar-refractivity contribution in [3.8, 4) is 0 Å². The summed E-state index contributed by atoms with van der Waals surface area (Å²) in [5.74, 6) is 0. The summed E-state index contributed by atoms with van der Waals surface area (Å²) in [4.78, 5) is 0. The molecule has 1 heteroatoms. The average Bonchev–Trinajstić information content (AvgIpc) is 2.68. The predicted octanol–water partition coefficient (Wildman–Crippen LogP) is 9.36. The molecule has 0 aliphatic carbocycles. The van der Waals surface area contributed by atoms with E-state index in [9.17, 15) is 5.11 Å². The van der Waals surface area contributed by atoms with Gasteiger partial charge in [0.25, 0.3) is 0 Å². The van der Waals surface area contributed by atoms with Gasteiger partial charge in [-0.3, -0.25) is 0 Å². The van der Waals surface area contributed by atoms with E-state index < -0.39 is 0 Å². The van der Waals surface area contributed by atoms with Gasteiger partial charge >= 0.3 is 0 Å². The zero-order chi connectivity index (χ0) is 19.8. The van der Waals surface area contributed by atoms with Gasteiger partial charge in [0.15, 0.2) is 0 Å². The van der Waals surface area contributed by atoms with Crippen LogP contribution in [0.3, 0.4) is 0 Å². The van der Waals surface area contributed by atoms with Crippen molar-refractivity contribution in [3.05, 3.63) is 0 Å². The zero-order valence-electron chi connectivity index (χ0n) is 19.3. The number of rotatable bonds is 23. The number of aliphatic hydroxyl groups is 1. The molecule has 0 fully saturated rings. The Balaban J connectivity index is 2.99. The second-order valence-electron chi connectivity index (χ2n) is 8.92. The lowest BCUT2D eigenvalue weighted by molar-refractivity contribution is 0.156. The highest BCUT2D eigenvalue weighted by molar-refractivity contribution is 4.54. The van der Waals surface area contributed by atoms with Gasteiger partial charge in [-0.2, -0.15) is 0 Å². The van der Waals surface area contributed by atoms with Gasteiger partial charge in [-0.25, -0.2) is 0 Å². The van der Waals surface area contributed by atoms with Gasteiger partial charge in [-0.1, -0.05) is 149 Å². The monoisotopic (exact) mass is 382 g/mol. The van der Waals surface area contributed by atoms with Gasteiger partial charge in [0.2, 0.25) is 0 Å². The minimum atomic E-state index is -0.0506. The van der Waals surface area contributed by atoms with E-state index >= 15 is 0 Å². The highest BCUT2D eigenvalue weighted by atomic mass is 16.3. The van der Waals surface area contributed by atoms with E-state index in [0.29, 0.717) is 0 Å². The third kappa shape index (κ3) is 23.9. The van der Waals surface area contributed by atoms with Crippen LogP contribution in [-0.4, -0.2) is 11.2 Å². The van der Waals surface area contributed by atoms with Crippen molar-refractivity contribution in [2.24, 2.45) is 0 Å². The first-order chi connectivity index (χ1) is 13.3. The Morgan fingerprint density at radius 3 is 0.926 bits per heavy atom. The fourth-order valence-electron chi connectivity index (χ4n) is 4.02. The minimum Gasteiger partial charge on any atom is -0.393 e. The van der Waals surface area contributed by atoms with Crippen LogP contribution in [0.15, 0.2) is 0 Å². The lowest BCUT2D eigenvalue weighted by Crippen LogP contribution is -2.03. The van der Waals surface area contributed by atoms with E-state index in [-0.39, 0.29) is 6.10 Å². The molecular formula is C26H54O. The molecule has 0 amide bonds. The SMILES string of the molecule is CCCCCCCCCCCCCCCCCCCCCCCC(O)CC. The first-order valence-electron chi connectivity index (χ1n) is 13.0. The van der Waals surface area contributed by atoms with Gasteiger partial charge in [0, 0.05) is 0 Å². The Labute approximate surface area is 173 Å². The minimum absolute atomic E-state index is 0.0506. The van der Waals surface area contributed by atoms with E-state index in [0.717, 1.165) is 12.8 Å². The smallest absolute Gasteiger partial charge is 0.0537 e. The molecule has 0 bridgehead atoms. The second kappa shape index (κ2) is 24.0. The number of hydrogen-bond acceptors (Lipinski definition) is 1. The van der Waals surface area contributed by atoms with Crippen molar-refractivity contribution >= 4 is 0 Å². The molecule has 0 aromatic rings. The lowest BCUT2D eigenvalue weighted by atomic mass is 10.0. The third-order valence-corrected chi connectivity index (χ3v) is 6.11. The van der Waals surface area contributed by atoms with Crippen LogP contribution >= 0.6 is 0 Å². The van der Waals surface area contributed by atoms with Gasteiger partial charge in [-0.15, -0.1) is 0 Å². The van der Waals surface area contributed by atoms with Gasteiger partial charge in [-0.05, 0) is 12.8 Å². The maximum absolute atomic E-state index is 9.52. The molecule has 0 heterocycles. The van der Waals surface area contributed by atoms with Crippen LogP contribution in [0.2, 0.25) is 0 Å². The Morgan fingerprint density at radius 1 is 0.407 bits per heavy atom. The topological polar surface area (TPSA) is 20.2 Å². The second-order valence-corrected chi connectivity index (χ2v) is 8.92. The van der Waals surface area contributed by atoms with Crippen LogP contribution in [0.5, 0.6) is 0 Å². The molecule has 0 aliphatic heterocycles. The molecule has 0 rings (SSSR count).